The fraction of sp³-hybridized carbons (Fsp3) is 0.764. The number of carbonyl (C=O) groups excluding carboxylic acids is 3. The summed E-state index contributed by atoms with van der Waals surface area (Å²) in [7, 11) is 0. The molecule has 0 aliphatic rings. The van der Waals surface area contributed by atoms with Gasteiger partial charge in [-0.2, -0.15) is 0 Å². The maximum atomic E-state index is 12.8. The second-order valence-electron chi connectivity index (χ2n) is 17.0. The van der Waals surface area contributed by atoms with Gasteiger partial charge in [0.25, 0.3) is 0 Å². The van der Waals surface area contributed by atoms with E-state index in [9.17, 15) is 14.4 Å². The minimum absolute atomic E-state index is 0.0872. The molecule has 0 rings (SSSR count). The normalized spacial score (nSPS) is 12.5. The van der Waals surface area contributed by atoms with Crippen LogP contribution in [0.25, 0.3) is 0 Å². The highest BCUT2D eigenvalue weighted by atomic mass is 16.6. The lowest BCUT2D eigenvalue weighted by Gasteiger charge is -2.18. The molecule has 0 radical (unpaired) electrons. The highest BCUT2D eigenvalue weighted by Crippen LogP contribution is 2.14. The first kappa shape index (κ1) is 58.1. The molecule has 0 aliphatic heterocycles. The van der Waals surface area contributed by atoms with Crippen molar-refractivity contribution in [2.24, 2.45) is 0 Å². The van der Waals surface area contributed by atoms with Gasteiger partial charge in [-0.15, -0.1) is 0 Å². The van der Waals surface area contributed by atoms with Crippen molar-refractivity contribution in [3.05, 3.63) is 60.8 Å². The average molecular weight is 853 g/mol. The molecule has 0 saturated heterocycles. The number of carbonyl (C=O) groups is 3. The van der Waals surface area contributed by atoms with Gasteiger partial charge in [-0.3, -0.25) is 14.4 Å². The molecule has 352 valence electrons. The molecule has 6 heteroatoms. The first-order valence-electron chi connectivity index (χ1n) is 25.8. The lowest BCUT2D eigenvalue weighted by Crippen LogP contribution is -2.30. The van der Waals surface area contributed by atoms with Crippen molar-refractivity contribution in [2.75, 3.05) is 13.2 Å². The van der Waals surface area contributed by atoms with Crippen LogP contribution in [0.15, 0.2) is 60.8 Å². The Hall–Kier alpha value is -2.89. The molecule has 0 aromatic carbocycles. The Morgan fingerprint density at radius 1 is 0.344 bits per heavy atom. The van der Waals surface area contributed by atoms with E-state index in [1.165, 1.54) is 96.3 Å². The number of hydrogen-bond donors (Lipinski definition) is 0. The molecule has 0 aromatic heterocycles. The lowest BCUT2D eigenvalue weighted by molar-refractivity contribution is -0.167. The number of esters is 3. The summed E-state index contributed by atoms with van der Waals surface area (Å²) in [6.07, 6.45) is 60.5. The van der Waals surface area contributed by atoms with Gasteiger partial charge in [-0.25, -0.2) is 0 Å². The summed E-state index contributed by atoms with van der Waals surface area (Å²) in [5.41, 5.74) is 0. The summed E-state index contributed by atoms with van der Waals surface area (Å²) >= 11 is 0. The lowest BCUT2D eigenvalue weighted by atomic mass is 10.1. The Bertz CT molecular complexity index is 1120. The van der Waals surface area contributed by atoms with Gasteiger partial charge < -0.3 is 14.2 Å². The quantitative estimate of drug-likeness (QED) is 0.0263. The third-order valence-corrected chi connectivity index (χ3v) is 11.0. The molecular formula is C55H96O6. The molecule has 0 fully saturated rings. The van der Waals surface area contributed by atoms with E-state index in [1.54, 1.807) is 0 Å². The predicted octanol–water partition coefficient (Wildman–Crippen LogP) is 16.9. The van der Waals surface area contributed by atoms with Gasteiger partial charge in [0.1, 0.15) is 13.2 Å². The number of hydrogen-bond acceptors (Lipinski definition) is 6. The van der Waals surface area contributed by atoms with Crippen molar-refractivity contribution in [3.8, 4) is 0 Å². The van der Waals surface area contributed by atoms with Crippen molar-refractivity contribution in [3.63, 3.8) is 0 Å². The van der Waals surface area contributed by atoms with Crippen LogP contribution in [0.4, 0.5) is 0 Å². The number of ether oxygens (including phenoxy) is 3. The molecular weight excluding hydrogens is 757 g/mol. The fourth-order valence-corrected chi connectivity index (χ4v) is 7.09. The van der Waals surface area contributed by atoms with E-state index in [4.69, 9.17) is 14.2 Å². The van der Waals surface area contributed by atoms with Crippen molar-refractivity contribution in [1.29, 1.82) is 0 Å². The number of allylic oxidation sites excluding steroid dienone is 10. The van der Waals surface area contributed by atoms with Crippen LogP contribution in [0.3, 0.4) is 0 Å². The molecule has 0 aromatic rings. The second-order valence-corrected chi connectivity index (χ2v) is 17.0. The number of rotatable bonds is 46. The molecule has 0 spiro atoms. The smallest absolute Gasteiger partial charge is 0.306 e. The summed E-state index contributed by atoms with van der Waals surface area (Å²) in [6.45, 7) is 6.48. The highest BCUT2D eigenvalue weighted by Gasteiger charge is 2.19. The van der Waals surface area contributed by atoms with Crippen LogP contribution in [0.5, 0.6) is 0 Å². The molecule has 0 aliphatic carbocycles. The summed E-state index contributed by atoms with van der Waals surface area (Å²) in [5.74, 6) is -0.918. The molecule has 0 N–H and O–H groups in total. The highest BCUT2D eigenvalue weighted by molar-refractivity contribution is 5.71. The predicted molar refractivity (Wildman–Crippen MR) is 261 cm³/mol. The zero-order valence-corrected chi connectivity index (χ0v) is 40.2. The molecule has 0 bridgehead atoms. The Morgan fingerprint density at radius 3 is 1.02 bits per heavy atom. The summed E-state index contributed by atoms with van der Waals surface area (Å²) in [4.78, 5) is 38.0. The van der Waals surface area contributed by atoms with Gasteiger partial charge >= 0.3 is 17.9 Å². The van der Waals surface area contributed by atoms with Crippen LogP contribution < -0.4 is 0 Å². The van der Waals surface area contributed by atoms with E-state index >= 15 is 0 Å². The van der Waals surface area contributed by atoms with E-state index in [-0.39, 0.29) is 31.1 Å². The van der Waals surface area contributed by atoms with Crippen molar-refractivity contribution in [2.45, 2.75) is 258 Å². The summed E-state index contributed by atoms with van der Waals surface area (Å²) < 4.78 is 16.8. The Kier molecular flexibility index (Phi) is 47.4. The van der Waals surface area contributed by atoms with Gasteiger partial charge in [-0.05, 0) is 103 Å². The average Bonchev–Trinajstić information content (AvgIpc) is 3.26. The standard InChI is InChI=1S/C55H96O6/c1-4-7-10-13-16-19-22-25-28-31-33-36-39-42-45-48-54(57)60-51-52(61-55(58)49-46-43-40-37-34-30-27-24-21-18-15-12-9-6-3)50-59-53(56)47-44-41-38-35-32-29-26-23-20-17-14-11-8-5-2/h7,10,16,19,23-28,52H,4-6,8-9,11-15,17-18,20-22,29-51H2,1-3H3/b10-7-,19-16-,26-23-,27-24-,28-25-/t52-/m1/s1. The van der Waals surface area contributed by atoms with Crippen LogP contribution in [-0.4, -0.2) is 37.2 Å². The van der Waals surface area contributed by atoms with E-state index in [2.05, 4.69) is 81.5 Å². The molecule has 0 heterocycles. The first-order chi connectivity index (χ1) is 30.0. The topological polar surface area (TPSA) is 78.9 Å². The SMILES string of the molecule is CC/C=C\C/C=C\C/C=C\CCCCCCCC(=O)OC[C@@H](COC(=O)CCCCCCC/C=C\CCCCCCC)OC(=O)CCCCCCC/C=C\CCCCCCC. The van der Waals surface area contributed by atoms with Crippen LogP contribution >= 0.6 is 0 Å². The molecule has 0 amide bonds. The van der Waals surface area contributed by atoms with Crippen LogP contribution in [-0.2, 0) is 28.6 Å². The summed E-state index contributed by atoms with van der Waals surface area (Å²) in [6, 6.07) is 0. The second kappa shape index (κ2) is 49.8. The zero-order chi connectivity index (χ0) is 44.4. The Labute approximate surface area is 377 Å². The maximum absolute atomic E-state index is 12.8. The van der Waals surface area contributed by atoms with Crippen molar-refractivity contribution >= 4 is 17.9 Å². The molecule has 1 atom stereocenters. The van der Waals surface area contributed by atoms with Crippen LogP contribution in [0.1, 0.15) is 252 Å². The van der Waals surface area contributed by atoms with Crippen molar-refractivity contribution < 1.29 is 28.6 Å². The van der Waals surface area contributed by atoms with Gasteiger partial charge in [0.15, 0.2) is 6.10 Å². The Balaban J connectivity index is 4.43. The third kappa shape index (κ3) is 48.0. The third-order valence-electron chi connectivity index (χ3n) is 11.0. The molecule has 61 heavy (non-hydrogen) atoms. The van der Waals surface area contributed by atoms with E-state index < -0.39 is 6.10 Å². The van der Waals surface area contributed by atoms with Gasteiger partial charge in [0, 0.05) is 19.3 Å². The molecule has 0 saturated carbocycles. The van der Waals surface area contributed by atoms with E-state index in [1.807, 2.05) is 0 Å². The van der Waals surface area contributed by atoms with E-state index in [0.717, 1.165) is 116 Å². The minimum atomic E-state index is -0.787. The van der Waals surface area contributed by atoms with E-state index in [0.29, 0.717) is 19.3 Å². The molecule has 0 unspecified atom stereocenters. The van der Waals surface area contributed by atoms with Crippen LogP contribution in [0.2, 0.25) is 0 Å². The van der Waals surface area contributed by atoms with Crippen LogP contribution in [0, 0.1) is 0 Å². The zero-order valence-electron chi connectivity index (χ0n) is 40.2. The Morgan fingerprint density at radius 2 is 0.639 bits per heavy atom. The first-order valence-corrected chi connectivity index (χ1v) is 25.8. The van der Waals surface area contributed by atoms with Crippen molar-refractivity contribution in [1.82, 2.24) is 0 Å². The summed E-state index contributed by atoms with van der Waals surface area (Å²) in [5, 5.41) is 0. The minimum Gasteiger partial charge on any atom is -0.462 e. The van der Waals surface area contributed by atoms with Gasteiger partial charge in [-0.1, -0.05) is 191 Å². The fourth-order valence-electron chi connectivity index (χ4n) is 7.09. The maximum Gasteiger partial charge on any atom is 0.306 e. The van der Waals surface area contributed by atoms with Gasteiger partial charge in [0.2, 0.25) is 0 Å². The monoisotopic (exact) mass is 853 g/mol. The number of unbranched alkanes of at least 4 members (excludes halogenated alkanes) is 25. The largest absolute Gasteiger partial charge is 0.462 e. The molecule has 6 nitrogen and oxygen atoms in total. The van der Waals surface area contributed by atoms with Gasteiger partial charge in [0.05, 0.1) is 0 Å².